The molecule has 0 saturated heterocycles. The van der Waals surface area contributed by atoms with Crippen molar-refractivity contribution in [1.29, 1.82) is 0 Å². The summed E-state index contributed by atoms with van der Waals surface area (Å²) < 4.78 is 2.55. The van der Waals surface area contributed by atoms with Crippen LogP contribution in [0.2, 0.25) is 0 Å². The Balaban J connectivity index is 1.85. The lowest BCUT2D eigenvalue weighted by atomic mass is 10.4. The molecule has 7 nitrogen and oxygen atoms in total. The van der Waals surface area contributed by atoms with Crippen molar-refractivity contribution in [3.8, 4) is 0 Å². The van der Waals surface area contributed by atoms with Gasteiger partial charge in [-0.15, -0.1) is 10.2 Å². The highest BCUT2D eigenvalue weighted by molar-refractivity contribution is 8.01. The van der Waals surface area contributed by atoms with Gasteiger partial charge in [0.05, 0.1) is 11.9 Å². The summed E-state index contributed by atoms with van der Waals surface area (Å²) in [6.45, 7) is 8.11. The molecule has 0 bridgehead atoms. The molecule has 2 aromatic rings. The molecule has 2 rings (SSSR count). The Hall–Kier alpha value is -1.61. The average molecular weight is 340 g/mol. The van der Waals surface area contributed by atoms with Crippen LogP contribution in [0, 0.1) is 0 Å². The lowest BCUT2D eigenvalue weighted by Gasteiger charge is -2.11. The van der Waals surface area contributed by atoms with E-state index in [1.165, 1.54) is 23.1 Å². The maximum atomic E-state index is 12.0. The van der Waals surface area contributed by atoms with Gasteiger partial charge in [0.25, 0.3) is 0 Å². The van der Waals surface area contributed by atoms with Crippen molar-refractivity contribution in [2.75, 3.05) is 16.4 Å². The normalized spacial score (nSPS) is 11.2. The van der Waals surface area contributed by atoms with Gasteiger partial charge in [-0.1, -0.05) is 23.1 Å². The predicted octanol–water partition coefficient (Wildman–Crippen LogP) is 2.87. The highest BCUT2D eigenvalue weighted by Crippen LogP contribution is 2.26. The van der Waals surface area contributed by atoms with E-state index in [2.05, 4.69) is 25.9 Å². The van der Waals surface area contributed by atoms with Gasteiger partial charge in [-0.05, 0) is 27.7 Å². The fraction of sp³-hybridized carbons (Fsp3) is 0.538. The molecule has 0 spiro atoms. The monoisotopic (exact) mass is 340 g/mol. The summed E-state index contributed by atoms with van der Waals surface area (Å²) in [5.74, 6) is 0.917. The molecule has 2 aromatic heterocycles. The number of carbonyl (C=O) groups excluding carboxylic acids is 1. The highest BCUT2D eigenvalue weighted by atomic mass is 32.2. The van der Waals surface area contributed by atoms with E-state index in [1.807, 2.05) is 27.7 Å². The first-order chi connectivity index (χ1) is 10.5. The highest BCUT2D eigenvalue weighted by Gasteiger charge is 2.12. The SMILES string of the molecule is CC(C)Nc1nnc(SCC(=O)Nc2ccnn2C(C)C)s1. The van der Waals surface area contributed by atoms with E-state index in [0.29, 0.717) is 17.6 Å². The Morgan fingerprint density at radius 1 is 1.36 bits per heavy atom. The van der Waals surface area contributed by atoms with E-state index >= 15 is 0 Å². The minimum absolute atomic E-state index is 0.0824. The molecule has 0 aromatic carbocycles. The number of nitrogens with zero attached hydrogens (tertiary/aromatic N) is 4. The van der Waals surface area contributed by atoms with Crippen LogP contribution in [0.4, 0.5) is 10.9 Å². The number of hydrogen-bond donors (Lipinski definition) is 2. The quantitative estimate of drug-likeness (QED) is 0.754. The van der Waals surface area contributed by atoms with Crippen molar-refractivity contribution in [2.45, 2.75) is 44.1 Å². The smallest absolute Gasteiger partial charge is 0.235 e. The second kappa shape index (κ2) is 7.59. The number of amides is 1. The molecule has 0 fully saturated rings. The zero-order valence-corrected chi connectivity index (χ0v) is 14.7. The van der Waals surface area contributed by atoms with Crippen LogP contribution in [-0.2, 0) is 4.79 Å². The largest absolute Gasteiger partial charge is 0.358 e. The summed E-state index contributed by atoms with van der Waals surface area (Å²) in [7, 11) is 0. The van der Waals surface area contributed by atoms with E-state index in [0.717, 1.165) is 9.47 Å². The van der Waals surface area contributed by atoms with Crippen LogP contribution in [0.25, 0.3) is 0 Å². The molecule has 22 heavy (non-hydrogen) atoms. The molecule has 0 aliphatic rings. The number of aromatic nitrogens is 4. The van der Waals surface area contributed by atoms with Crippen molar-refractivity contribution in [3.63, 3.8) is 0 Å². The first-order valence-electron chi connectivity index (χ1n) is 7.02. The number of anilines is 2. The maximum absolute atomic E-state index is 12.0. The Bertz CT molecular complexity index is 622. The van der Waals surface area contributed by atoms with Gasteiger partial charge in [-0.2, -0.15) is 5.10 Å². The Morgan fingerprint density at radius 3 is 2.82 bits per heavy atom. The van der Waals surface area contributed by atoms with Crippen molar-refractivity contribution < 1.29 is 4.79 Å². The molecule has 2 N–H and O–H groups in total. The molecule has 0 saturated carbocycles. The fourth-order valence-corrected chi connectivity index (χ4v) is 3.40. The Morgan fingerprint density at radius 2 is 2.14 bits per heavy atom. The molecule has 0 aliphatic carbocycles. The average Bonchev–Trinajstić information content (AvgIpc) is 3.05. The molecule has 2 heterocycles. The number of rotatable bonds is 7. The summed E-state index contributed by atoms with van der Waals surface area (Å²) in [4.78, 5) is 12.0. The van der Waals surface area contributed by atoms with Crippen molar-refractivity contribution in [1.82, 2.24) is 20.0 Å². The number of thioether (sulfide) groups is 1. The van der Waals surface area contributed by atoms with E-state index in [-0.39, 0.29) is 11.9 Å². The maximum Gasteiger partial charge on any atom is 0.235 e. The summed E-state index contributed by atoms with van der Waals surface area (Å²) >= 11 is 2.83. The van der Waals surface area contributed by atoms with Crippen LogP contribution in [0.15, 0.2) is 16.6 Å². The van der Waals surface area contributed by atoms with Crippen LogP contribution in [0.5, 0.6) is 0 Å². The zero-order chi connectivity index (χ0) is 16.1. The van der Waals surface area contributed by atoms with Gasteiger partial charge in [0.1, 0.15) is 5.82 Å². The molecular weight excluding hydrogens is 320 g/mol. The van der Waals surface area contributed by atoms with Gasteiger partial charge < -0.3 is 10.6 Å². The summed E-state index contributed by atoms with van der Waals surface area (Å²) in [5.41, 5.74) is 0. The lowest BCUT2D eigenvalue weighted by Crippen LogP contribution is -2.18. The van der Waals surface area contributed by atoms with Crippen LogP contribution >= 0.6 is 23.1 Å². The van der Waals surface area contributed by atoms with Gasteiger partial charge in [0.2, 0.25) is 11.0 Å². The number of hydrogen-bond acceptors (Lipinski definition) is 7. The van der Waals surface area contributed by atoms with E-state index in [1.54, 1.807) is 16.9 Å². The number of carbonyl (C=O) groups is 1. The minimum atomic E-state index is -0.0824. The molecule has 1 amide bonds. The molecule has 120 valence electrons. The lowest BCUT2D eigenvalue weighted by molar-refractivity contribution is -0.113. The Kier molecular flexibility index (Phi) is 5.78. The third-order valence-corrected chi connectivity index (χ3v) is 4.56. The third-order valence-electron chi connectivity index (χ3n) is 2.57. The minimum Gasteiger partial charge on any atom is -0.358 e. The van der Waals surface area contributed by atoms with Gasteiger partial charge >= 0.3 is 0 Å². The summed E-state index contributed by atoms with van der Waals surface area (Å²) in [5, 5.41) is 19.1. The van der Waals surface area contributed by atoms with E-state index < -0.39 is 0 Å². The molecule has 0 aliphatic heterocycles. The second-order valence-corrected chi connectivity index (χ2v) is 7.46. The van der Waals surface area contributed by atoms with Crippen LogP contribution in [-0.4, -0.2) is 37.7 Å². The summed E-state index contributed by atoms with van der Waals surface area (Å²) in [6.07, 6.45) is 1.68. The van der Waals surface area contributed by atoms with Gasteiger partial charge in [0.15, 0.2) is 4.34 Å². The van der Waals surface area contributed by atoms with Crippen LogP contribution in [0.3, 0.4) is 0 Å². The van der Waals surface area contributed by atoms with Crippen LogP contribution < -0.4 is 10.6 Å². The molecule has 0 radical (unpaired) electrons. The van der Waals surface area contributed by atoms with E-state index in [9.17, 15) is 4.79 Å². The molecule has 0 unspecified atom stereocenters. The third kappa shape index (κ3) is 4.70. The topological polar surface area (TPSA) is 84.7 Å². The molecule has 9 heteroatoms. The van der Waals surface area contributed by atoms with Gasteiger partial charge in [-0.25, -0.2) is 4.68 Å². The van der Waals surface area contributed by atoms with Crippen molar-refractivity contribution in [2.24, 2.45) is 0 Å². The Labute approximate surface area is 137 Å². The first-order valence-corrected chi connectivity index (χ1v) is 8.82. The van der Waals surface area contributed by atoms with Crippen molar-refractivity contribution >= 4 is 40.0 Å². The standard InChI is InChI=1S/C13H20N6OS2/c1-8(2)15-12-17-18-13(22-12)21-7-11(20)16-10-5-6-14-19(10)9(3)4/h5-6,8-9H,7H2,1-4H3,(H,15,17)(H,16,20). The first kappa shape index (κ1) is 16.8. The molecular formula is C13H20N6OS2. The molecule has 0 atom stereocenters. The fourth-order valence-electron chi connectivity index (χ4n) is 1.70. The zero-order valence-electron chi connectivity index (χ0n) is 13.0. The van der Waals surface area contributed by atoms with Gasteiger partial charge in [0, 0.05) is 18.2 Å². The summed E-state index contributed by atoms with van der Waals surface area (Å²) in [6, 6.07) is 2.30. The van der Waals surface area contributed by atoms with Crippen LogP contribution in [0.1, 0.15) is 33.7 Å². The van der Waals surface area contributed by atoms with Gasteiger partial charge in [-0.3, -0.25) is 4.79 Å². The van der Waals surface area contributed by atoms with Crippen molar-refractivity contribution in [3.05, 3.63) is 12.3 Å². The van der Waals surface area contributed by atoms with E-state index in [4.69, 9.17) is 0 Å². The number of nitrogens with one attached hydrogen (secondary N) is 2. The predicted molar refractivity (Wildman–Crippen MR) is 90.6 cm³/mol. The second-order valence-electron chi connectivity index (χ2n) is 5.26.